The van der Waals surface area contributed by atoms with Crippen LogP contribution in [0.4, 0.5) is 4.79 Å². The van der Waals surface area contributed by atoms with Crippen molar-refractivity contribution < 1.29 is 14.3 Å². The van der Waals surface area contributed by atoms with Crippen molar-refractivity contribution in [2.75, 3.05) is 19.7 Å². The van der Waals surface area contributed by atoms with E-state index in [9.17, 15) is 9.59 Å². The molecular formula is C18H23N3O3. The number of hydrogen-bond donors (Lipinski definition) is 2. The van der Waals surface area contributed by atoms with Crippen LogP contribution >= 0.6 is 0 Å². The Hall–Kier alpha value is -2.34. The summed E-state index contributed by atoms with van der Waals surface area (Å²) in [5, 5.41) is 5.52. The second-order valence-corrected chi connectivity index (χ2v) is 6.16. The highest BCUT2D eigenvalue weighted by Gasteiger charge is 2.31. The van der Waals surface area contributed by atoms with Crippen LogP contribution in [0.3, 0.4) is 0 Å². The minimum atomic E-state index is -0.370. The van der Waals surface area contributed by atoms with E-state index in [0.29, 0.717) is 24.4 Å². The number of rotatable bonds is 4. The Balaban J connectivity index is 1.81. The normalized spacial score (nSPS) is 20.9. The van der Waals surface area contributed by atoms with Crippen LogP contribution in [0.2, 0.25) is 0 Å². The van der Waals surface area contributed by atoms with E-state index in [1.165, 1.54) is 11.1 Å². The summed E-state index contributed by atoms with van der Waals surface area (Å²) in [7, 11) is 0. The Morgan fingerprint density at radius 1 is 1.33 bits per heavy atom. The van der Waals surface area contributed by atoms with Crippen LogP contribution in [0.15, 0.2) is 35.5 Å². The number of urea groups is 1. The van der Waals surface area contributed by atoms with Gasteiger partial charge in [0.05, 0.1) is 18.2 Å². The van der Waals surface area contributed by atoms with Crippen molar-refractivity contribution in [3.63, 3.8) is 0 Å². The van der Waals surface area contributed by atoms with Crippen molar-refractivity contribution in [1.82, 2.24) is 15.5 Å². The monoisotopic (exact) mass is 329 g/mol. The lowest BCUT2D eigenvalue weighted by molar-refractivity contribution is -0.139. The van der Waals surface area contributed by atoms with Crippen LogP contribution in [0, 0.1) is 0 Å². The highest BCUT2D eigenvalue weighted by Crippen LogP contribution is 2.21. The lowest BCUT2D eigenvalue weighted by Gasteiger charge is -2.33. The standard InChI is InChI=1S/C18H23N3O3/c1-3-24-17(22)16-12(2)19-18(23)20-15(16)11-21-9-8-13-6-4-5-7-14(13)10-21/h4-7,12H,3,8-11H2,1-2H3,(H2,19,20,23)/t12-/m0/s1. The zero-order valence-electron chi connectivity index (χ0n) is 14.1. The topological polar surface area (TPSA) is 70.7 Å². The second-order valence-electron chi connectivity index (χ2n) is 6.16. The molecule has 0 aliphatic carbocycles. The number of ether oxygens (including phenoxy) is 1. The third-order valence-electron chi connectivity index (χ3n) is 4.46. The summed E-state index contributed by atoms with van der Waals surface area (Å²) < 4.78 is 5.16. The van der Waals surface area contributed by atoms with Crippen LogP contribution in [-0.2, 0) is 22.5 Å². The van der Waals surface area contributed by atoms with Crippen LogP contribution in [0.5, 0.6) is 0 Å². The van der Waals surface area contributed by atoms with Crippen LogP contribution in [0.1, 0.15) is 25.0 Å². The number of fused-ring (bicyclic) bond motifs is 1. The van der Waals surface area contributed by atoms with Gasteiger partial charge in [-0.3, -0.25) is 4.90 Å². The molecular weight excluding hydrogens is 306 g/mol. The molecule has 24 heavy (non-hydrogen) atoms. The Morgan fingerprint density at radius 2 is 2.08 bits per heavy atom. The number of carbonyl (C=O) groups is 2. The molecule has 2 heterocycles. The molecule has 6 heteroatoms. The minimum absolute atomic E-state index is 0.275. The van der Waals surface area contributed by atoms with E-state index in [2.05, 4.69) is 33.7 Å². The highest BCUT2D eigenvalue weighted by atomic mass is 16.5. The van der Waals surface area contributed by atoms with Gasteiger partial charge in [0.25, 0.3) is 0 Å². The predicted molar refractivity (Wildman–Crippen MR) is 90.2 cm³/mol. The molecule has 1 aromatic carbocycles. The van der Waals surface area contributed by atoms with Crippen molar-refractivity contribution in [3.05, 3.63) is 46.7 Å². The molecule has 0 unspecified atom stereocenters. The Labute approximate surface area is 141 Å². The van der Waals surface area contributed by atoms with Gasteiger partial charge in [-0.25, -0.2) is 9.59 Å². The van der Waals surface area contributed by atoms with E-state index in [4.69, 9.17) is 4.74 Å². The fraction of sp³-hybridized carbons (Fsp3) is 0.444. The number of nitrogens with zero attached hydrogens (tertiary/aromatic N) is 1. The maximum Gasteiger partial charge on any atom is 0.337 e. The summed E-state index contributed by atoms with van der Waals surface area (Å²) in [5.74, 6) is -0.370. The van der Waals surface area contributed by atoms with Crippen LogP contribution in [-0.4, -0.2) is 42.6 Å². The van der Waals surface area contributed by atoms with E-state index >= 15 is 0 Å². The lowest BCUT2D eigenvalue weighted by Crippen LogP contribution is -2.51. The van der Waals surface area contributed by atoms with Gasteiger partial charge in [-0.15, -0.1) is 0 Å². The van der Waals surface area contributed by atoms with Gasteiger partial charge in [0.1, 0.15) is 0 Å². The van der Waals surface area contributed by atoms with Crippen molar-refractivity contribution in [2.45, 2.75) is 32.9 Å². The van der Waals surface area contributed by atoms with Gasteiger partial charge in [0, 0.05) is 25.3 Å². The summed E-state index contributed by atoms with van der Waals surface area (Å²) in [6.07, 6.45) is 0.972. The molecule has 0 aromatic heterocycles. The van der Waals surface area contributed by atoms with Gasteiger partial charge in [-0.2, -0.15) is 0 Å². The third kappa shape index (κ3) is 3.43. The lowest BCUT2D eigenvalue weighted by atomic mass is 9.98. The van der Waals surface area contributed by atoms with Crippen LogP contribution < -0.4 is 10.6 Å². The molecule has 0 spiro atoms. The van der Waals surface area contributed by atoms with E-state index < -0.39 is 0 Å². The highest BCUT2D eigenvalue weighted by molar-refractivity contribution is 5.94. The molecule has 0 fully saturated rings. The maximum absolute atomic E-state index is 12.3. The molecule has 128 valence electrons. The van der Waals surface area contributed by atoms with Crippen molar-refractivity contribution in [3.8, 4) is 0 Å². The van der Waals surface area contributed by atoms with Gasteiger partial charge < -0.3 is 15.4 Å². The van der Waals surface area contributed by atoms with Gasteiger partial charge in [0.2, 0.25) is 0 Å². The molecule has 1 atom stereocenters. The number of benzene rings is 1. The van der Waals surface area contributed by atoms with Gasteiger partial charge >= 0.3 is 12.0 Å². The van der Waals surface area contributed by atoms with Crippen LogP contribution in [0.25, 0.3) is 0 Å². The zero-order chi connectivity index (χ0) is 17.1. The molecule has 0 radical (unpaired) electrons. The second kappa shape index (κ2) is 7.05. The van der Waals surface area contributed by atoms with Gasteiger partial charge in [-0.05, 0) is 31.4 Å². The average molecular weight is 329 g/mol. The van der Waals surface area contributed by atoms with Crippen molar-refractivity contribution >= 4 is 12.0 Å². The molecule has 2 amide bonds. The summed E-state index contributed by atoms with van der Waals surface area (Å²) in [6, 6.07) is 7.76. The molecule has 0 saturated heterocycles. The Kier molecular flexibility index (Phi) is 4.85. The maximum atomic E-state index is 12.3. The van der Waals surface area contributed by atoms with Crippen molar-refractivity contribution in [1.29, 1.82) is 0 Å². The Bertz CT molecular complexity index is 684. The first-order valence-corrected chi connectivity index (χ1v) is 8.35. The SMILES string of the molecule is CCOC(=O)C1=C(CN2CCc3ccccc3C2)NC(=O)N[C@H]1C. The summed E-state index contributed by atoms with van der Waals surface area (Å²) in [6.45, 7) is 6.13. The first-order chi connectivity index (χ1) is 11.6. The molecule has 0 bridgehead atoms. The first kappa shape index (κ1) is 16.5. The van der Waals surface area contributed by atoms with E-state index in [-0.39, 0.29) is 18.0 Å². The molecule has 1 aromatic rings. The quantitative estimate of drug-likeness (QED) is 0.823. The zero-order valence-corrected chi connectivity index (χ0v) is 14.1. The summed E-state index contributed by atoms with van der Waals surface area (Å²) in [5.41, 5.74) is 3.82. The number of carbonyl (C=O) groups excluding carboxylic acids is 2. The molecule has 3 rings (SSSR count). The van der Waals surface area contributed by atoms with Gasteiger partial charge in [0.15, 0.2) is 0 Å². The largest absolute Gasteiger partial charge is 0.463 e. The number of amides is 2. The van der Waals surface area contributed by atoms with E-state index in [1.807, 2.05) is 6.07 Å². The molecule has 6 nitrogen and oxygen atoms in total. The molecule has 2 aliphatic heterocycles. The molecule has 2 N–H and O–H groups in total. The first-order valence-electron chi connectivity index (χ1n) is 8.35. The average Bonchev–Trinajstić information content (AvgIpc) is 2.54. The predicted octanol–water partition coefficient (Wildman–Crippen LogP) is 1.56. The summed E-state index contributed by atoms with van der Waals surface area (Å²) >= 11 is 0. The number of hydrogen-bond acceptors (Lipinski definition) is 4. The Morgan fingerprint density at radius 3 is 2.83 bits per heavy atom. The van der Waals surface area contributed by atoms with Crippen molar-refractivity contribution in [2.24, 2.45) is 0 Å². The summed E-state index contributed by atoms with van der Waals surface area (Å²) in [4.78, 5) is 26.3. The number of nitrogens with one attached hydrogen (secondary N) is 2. The smallest absolute Gasteiger partial charge is 0.337 e. The minimum Gasteiger partial charge on any atom is -0.463 e. The number of esters is 1. The third-order valence-corrected chi connectivity index (χ3v) is 4.46. The van der Waals surface area contributed by atoms with E-state index in [0.717, 1.165) is 19.5 Å². The van der Waals surface area contributed by atoms with Gasteiger partial charge in [-0.1, -0.05) is 24.3 Å². The molecule has 2 aliphatic rings. The van der Waals surface area contributed by atoms with E-state index in [1.54, 1.807) is 13.8 Å². The fourth-order valence-corrected chi connectivity index (χ4v) is 3.32. The fourth-order valence-electron chi connectivity index (χ4n) is 3.32. The molecule has 0 saturated carbocycles.